The second-order valence-corrected chi connectivity index (χ2v) is 4.60. The van der Waals surface area contributed by atoms with Gasteiger partial charge in [-0.1, -0.05) is 24.1 Å². The monoisotopic (exact) mass is 253 g/mol. The van der Waals surface area contributed by atoms with Crippen molar-refractivity contribution in [3.63, 3.8) is 0 Å². The number of thioether (sulfide) groups is 1. The van der Waals surface area contributed by atoms with Gasteiger partial charge in [-0.2, -0.15) is 0 Å². The Morgan fingerprint density at radius 2 is 2.24 bits per heavy atom. The highest BCUT2D eigenvalue weighted by Gasteiger charge is 2.10. The molecule has 2 N–H and O–H groups in total. The molecule has 0 bridgehead atoms. The van der Waals surface area contributed by atoms with Gasteiger partial charge in [0.1, 0.15) is 5.82 Å². The number of hydrogen-bond acceptors (Lipinski definition) is 3. The van der Waals surface area contributed by atoms with Crippen molar-refractivity contribution >= 4 is 11.8 Å². The molecule has 0 fully saturated rings. The Bertz CT molecular complexity index is 378. The molecular formula is C13H16FNOS. The first-order valence-electron chi connectivity index (χ1n) is 5.40. The van der Waals surface area contributed by atoms with Crippen LogP contribution in [-0.2, 0) is 0 Å². The molecule has 0 saturated carbocycles. The summed E-state index contributed by atoms with van der Waals surface area (Å²) in [4.78, 5) is 0. The van der Waals surface area contributed by atoms with E-state index in [9.17, 15) is 9.50 Å². The number of nitrogens with one attached hydrogen (secondary N) is 1. The maximum absolute atomic E-state index is 13.3. The van der Waals surface area contributed by atoms with Crippen LogP contribution in [-0.4, -0.2) is 29.7 Å². The van der Waals surface area contributed by atoms with Gasteiger partial charge in [-0.15, -0.1) is 18.2 Å². The molecule has 0 aliphatic heterocycles. The zero-order valence-corrected chi connectivity index (χ0v) is 10.3. The molecule has 1 aromatic rings. The van der Waals surface area contributed by atoms with E-state index in [-0.39, 0.29) is 5.82 Å². The average molecular weight is 253 g/mol. The van der Waals surface area contributed by atoms with Crippen LogP contribution >= 0.6 is 11.8 Å². The van der Waals surface area contributed by atoms with Gasteiger partial charge in [0.05, 0.1) is 11.9 Å². The van der Waals surface area contributed by atoms with E-state index in [0.717, 1.165) is 12.3 Å². The molecule has 0 amide bonds. The predicted octanol–water partition coefficient (Wildman–Crippen LogP) is 1.82. The van der Waals surface area contributed by atoms with Gasteiger partial charge in [0.25, 0.3) is 0 Å². The smallest absolute Gasteiger partial charge is 0.129 e. The zero-order chi connectivity index (χ0) is 12.5. The normalized spacial score (nSPS) is 12.1. The lowest BCUT2D eigenvalue weighted by atomic mass is 10.1. The second kappa shape index (κ2) is 8.13. The van der Waals surface area contributed by atoms with Crippen LogP contribution in [0.5, 0.6) is 0 Å². The molecular weight excluding hydrogens is 237 g/mol. The van der Waals surface area contributed by atoms with Gasteiger partial charge in [-0.25, -0.2) is 4.39 Å². The molecule has 1 atom stereocenters. The minimum absolute atomic E-state index is 0.330. The van der Waals surface area contributed by atoms with Gasteiger partial charge in [0, 0.05) is 24.4 Å². The summed E-state index contributed by atoms with van der Waals surface area (Å²) in [5, 5.41) is 12.8. The maximum Gasteiger partial charge on any atom is 0.129 e. The molecule has 1 rings (SSSR count). The molecule has 1 unspecified atom stereocenters. The first kappa shape index (κ1) is 14.0. The molecule has 0 saturated heterocycles. The van der Waals surface area contributed by atoms with Crippen LogP contribution in [0, 0.1) is 18.2 Å². The zero-order valence-electron chi connectivity index (χ0n) is 9.53. The van der Waals surface area contributed by atoms with E-state index in [0.29, 0.717) is 17.9 Å². The molecule has 0 aliphatic carbocycles. The summed E-state index contributed by atoms with van der Waals surface area (Å²) in [6.07, 6.45) is 4.30. The van der Waals surface area contributed by atoms with Crippen LogP contribution in [0.25, 0.3) is 0 Å². The molecule has 4 heteroatoms. The highest BCUT2D eigenvalue weighted by atomic mass is 32.2. The van der Waals surface area contributed by atoms with E-state index in [1.807, 2.05) is 0 Å². The second-order valence-electron chi connectivity index (χ2n) is 3.50. The van der Waals surface area contributed by atoms with Crippen molar-refractivity contribution in [3.8, 4) is 12.3 Å². The predicted molar refractivity (Wildman–Crippen MR) is 70.4 cm³/mol. The third-order valence-corrected chi connectivity index (χ3v) is 3.07. The summed E-state index contributed by atoms with van der Waals surface area (Å²) in [6.45, 7) is 1.09. The van der Waals surface area contributed by atoms with E-state index < -0.39 is 6.10 Å². The van der Waals surface area contributed by atoms with Gasteiger partial charge in [0.2, 0.25) is 0 Å². The van der Waals surface area contributed by atoms with E-state index in [4.69, 9.17) is 6.42 Å². The molecule has 17 heavy (non-hydrogen) atoms. The Balaban J connectivity index is 2.24. The van der Waals surface area contributed by atoms with Gasteiger partial charge in [-0.3, -0.25) is 0 Å². The number of hydrogen-bond donors (Lipinski definition) is 2. The van der Waals surface area contributed by atoms with Crippen molar-refractivity contribution < 1.29 is 9.50 Å². The lowest BCUT2D eigenvalue weighted by Crippen LogP contribution is -2.24. The Labute approximate surface area is 106 Å². The fraction of sp³-hybridized carbons (Fsp3) is 0.385. The van der Waals surface area contributed by atoms with E-state index in [1.165, 1.54) is 6.07 Å². The van der Waals surface area contributed by atoms with E-state index in [2.05, 4.69) is 11.2 Å². The number of aliphatic hydroxyl groups is 1. The summed E-state index contributed by atoms with van der Waals surface area (Å²) >= 11 is 1.65. The Kier molecular flexibility index (Phi) is 6.71. The molecule has 92 valence electrons. The van der Waals surface area contributed by atoms with Gasteiger partial charge in [-0.05, 0) is 6.07 Å². The quantitative estimate of drug-likeness (QED) is 0.574. The van der Waals surface area contributed by atoms with Crippen molar-refractivity contribution in [1.29, 1.82) is 0 Å². The van der Waals surface area contributed by atoms with Crippen LogP contribution in [0.4, 0.5) is 4.39 Å². The lowest BCUT2D eigenvalue weighted by Gasteiger charge is -2.12. The number of rotatable bonds is 7. The number of halogens is 1. The van der Waals surface area contributed by atoms with Crippen LogP contribution in [0.15, 0.2) is 24.3 Å². The first-order valence-corrected chi connectivity index (χ1v) is 6.55. The summed E-state index contributed by atoms with van der Waals surface area (Å²) in [6, 6.07) is 6.26. The highest BCUT2D eigenvalue weighted by Crippen LogP contribution is 2.15. The maximum atomic E-state index is 13.3. The van der Waals surface area contributed by atoms with Crippen LogP contribution in [0.1, 0.15) is 11.7 Å². The molecule has 0 aliphatic rings. The number of terminal acetylenes is 1. The Hall–Kier alpha value is -1.02. The molecule has 1 aromatic carbocycles. The molecule has 2 nitrogen and oxygen atoms in total. The molecule has 0 spiro atoms. The minimum atomic E-state index is -0.811. The Morgan fingerprint density at radius 1 is 1.47 bits per heavy atom. The molecule has 0 radical (unpaired) electrons. The van der Waals surface area contributed by atoms with E-state index >= 15 is 0 Å². The van der Waals surface area contributed by atoms with Crippen molar-refractivity contribution in [2.45, 2.75) is 6.10 Å². The molecule has 0 aromatic heterocycles. The third kappa shape index (κ3) is 5.22. The van der Waals surface area contributed by atoms with Crippen molar-refractivity contribution in [2.24, 2.45) is 0 Å². The fourth-order valence-corrected chi connectivity index (χ4v) is 1.92. The number of benzene rings is 1. The van der Waals surface area contributed by atoms with Crippen LogP contribution in [0.3, 0.4) is 0 Å². The number of aliphatic hydroxyl groups excluding tert-OH is 1. The van der Waals surface area contributed by atoms with Gasteiger partial charge in [0.15, 0.2) is 0 Å². The van der Waals surface area contributed by atoms with Gasteiger partial charge < -0.3 is 10.4 Å². The SMILES string of the molecule is C#CCSCCNCC(O)c1ccccc1F. The Morgan fingerprint density at radius 3 is 2.94 bits per heavy atom. The van der Waals surface area contributed by atoms with E-state index in [1.54, 1.807) is 30.0 Å². The largest absolute Gasteiger partial charge is 0.387 e. The fourth-order valence-electron chi connectivity index (χ4n) is 1.37. The van der Waals surface area contributed by atoms with Crippen LogP contribution < -0.4 is 5.32 Å². The summed E-state index contributed by atoms with van der Waals surface area (Å²) in [5.74, 6) is 3.74. The first-order chi connectivity index (χ1) is 8.25. The van der Waals surface area contributed by atoms with Crippen LogP contribution in [0.2, 0.25) is 0 Å². The summed E-state index contributed by atoms with van der Waals surface area (Å²) in [5.41, 5.74) is 0.330. The highest BCUT2D eigenvalue weighted by molar-refractivity contribution is 7.99. The molecule has 0 heterocycles. The minimum Gasteiger partial charge on any atom is -0.387 e. The standard InChI is InChI=1S/C13H16FNOS/c1-2-8-17-9-7-15-10-13(16)11-5-3-4-6-12(11)14/h1,3-6,13,15-16H,7-10H2. The third-order valence-electron chi connectivity index (χ3n) is 2.21. The summed E-state index contributed by atoms with van der Waals surface area (Å²) in [7, 11) is 0. The van der Waals surface area contributed by atoms with Crippen molar-refractivity contribution in [3.05, 3.63) is 35.6 Å². The van der Waals surface area contributed by atoms with Crippen molar-refractivity contribution in [2.75, 3.05) is 24.6 Å². The topological polar surface area (TPSA) is 32.3 Å². The summed E-state index contributed by atoms with van der Waals surface area (Å²) < 4.78 is 13.3. The van der Waals surface area contributed by atoms with Gasteiger partial charge >= 0.3 is 0 Å². The average Bonchev–Trinajstić information content (AvgIpc) is 2.34. The van der Waals surface area contributed by atoms with Crippen molar-refractivity contribution in [1.82, 2.24) is 5.32 Å². The lowest BCUT2D eigenvalue weighted by molar-refractivity contribution is 0.171.